The van der Waals surface area contributed by atoms with Crippen LogP contribution in [0.15, 0.2) is 0 Å². The minimum atomic E-state index is -4.17. The lowest BCUT2D eigenvalue weighted by Gasteiger charge is -2.26. The Labute approximate surface area is 116 Å². The molecule has 8 heteroatoms. The van der Waals surface area contributed by atoms with E-state index in [-0.39, 0.29) is 37.2 Å². The van der Waals surface area contributed by atoms with Crippen molar-refractivity contribution in [3.63, 3.8) is 0 Å². The van der Waals surface area contributed by atoms with Crippen LogP contribution in [-0.2, 0) is 9.53 Å². The first-order chi connectivity index (χ1) is 8.40. The third-order valence-electron chi connectivity index (χ3n) is 3.01. The zero-order chi connectivity index (χ0) is 13.6. The summed E-state index contributed by atoms with van der Waals surface area (Å²) in [6.07, 6.45) is -3.74. The number of hydrogen-bond donors (Lipinski definition) is 2. The van der Waals surface area contributed by atoms with Crippen LogP contribution in [0.3, 0.4) is 0 Å². The highest BCUT2D eigenvalue weighted by atomic mass is 35.5. The van der Waals surface area contributed by atoms with Gasteiger partial charge in [-0.3, -0.25) is 4.79 Å². The van der Waals surface area contributed by atoms with Crippen LogP contribution in [0.1, 0.15) is 25.7 Å². The fourth-order valence-electron chi connectivity index (χ4n) is 1.91. The molecule has 1 heterocycles. The minimum absolute atomic E-state index is 0. The van der Waals surface area contributed by atoms with Crippen molar-refractivity contribution in [2.75, 3.05) is 19.8 Å². The summed E-state index contributed by atoms with van der Waals surface area (Å²) in [4.78, 5) is 11.6. The number of alkyl halides is 3. The molecular weight excluding hydrogens is 285 g/mol. The standard InChI is InChI=1S/C11H19F3N2O2.ClH/c12-11(13,14)4-1-5-16-10(17)9(15)8-2-6-18-7-3-8;/h8-9H,1-7,15H2,(H,16,17);1H. The predicted molar refractivity (Wildman–Crippen MR) is 67.1 cm³/mol. The van der Waals surface area contributed by atoms with Crippen molar-refractivity contribution < 1.29 is 22.7 Å². The molecule has 0 spiro atoms. The molecule has 19 heavy (non-hydrogen) atoms. The van der Waals surface area contributed by atoms with Gasteiger partial charge in [0.1, 0.15) is 0 Å². The van der Waals surface area contributed by atoms with Crippen molar-refractivity contribution in [1.82, 2.24) is 5.32 Å². The summed E-state index contributed by atoms with van der Waals surface area (Å²) in [5, 5.41) is 2.45. The molecule has 4 nitrogen and oxygen atoms in total. The average molecular weight is 305 g/mol. The van der Waals surface area contributed by atoms with E-state index < -0.39 is 18.6 Å². The summed E-state index contributed by atoms with van der Waals surface area (Å²) in [7, 11) is 0. The van der Waals surface area contributed by atoms with E-state index in [0.29, 0.717) is 13.2 Å². The Morgan fingerprint density at radius 3 is 2.47 bits per heavy atom. The first-order valence-electron chi connectivity index (χ1n) is 6.08. The Morgan fingerprint density at radius 1 is 1.37 bits per heavy atom. The molecule has 1 amide bonds. The van der Waals surface area contributed by atoms with Gasteiger partial charge < -0.3 is 15.8 Å². The molecule has 114 valence electrons. The summed E-state index contributed by atoms with van der Waals surface area (Å²) in [6, 6.07) is -0.653. The molecule has 3 N–H and O–H groups in total. The van der Waals surface area contributed by atoms with Crippen molar-refractivity contribution in [3.8, 4) is 0 Å². The maximum atomic E-state index is 11.9. The molecule has 0 saturated carbocycles. The molecule has 1 rings (SSSR count). The largest absolute Gasteiger partial charge is 0.389 e. The molecule has 0 bridgehead atoms. The van der Waals surface area contributed by atoms with Crippen LogP contribution in [0, 0.1) is 5.92 Å². The van der Waals surface area contributed by atoms with Crippen LogP contribution in [0.25, 0.3) is 0 Å². The zero-order valence-electron chi connectivity index (χ0n) is 10.5. The zero-order valence-corrected chi connectivity index (χ0v) is 11.4. The van der Waals surface area contributed by atoms with Gasteiger partial charge in [-0.2, -0.15) is 13.2 Å². The van der Waals surface area contributed by atoms with Gasteiger partial charge in [0.25, 0.3) is 0 Å². The number of nitrogens with two attached hydrogens (primary N) is 1. The second-order valence-corrected chi connectivity index (χ2v) is 4.49. The van der Waals surface area contributed by atoms with Gasteiger partial charge in [-0.05, 0) is 25.2 Å². The van der Waals surface area contributed by atoms with E-state index >= 15 is 0 Å². The van der Waals surface area contributed by atoms with E-state index in [1.54, 1.807) is 0 Å². The Kier molecular flexibility index (Phi) is 8.36. The molecule has 1 atom stereocenters. The number of ether oxygens (including phenoxy) is 1. The van der Waals surface area contributed by atoms with Crippen LogP contribution in [0.2, 0.25) is 0 Å². The molecule has 1 aliphatic heterocycles. The van der Waals surface area contributed by atoms with Crippen LogP contribution in [0.5, 0.6) is 0 Å². The second kappa shape index (κ2) is 8.60. The Hall–Kier alpha value is -0.530. The fraction of sp³-hybridized carbons (Fsp3) is 0.909. The first kappa shape index (κ1) is 18.5. The molecule has 1 fully saturated rings. The lowest BCUT2D eigenvalue weighted by Crippen LogP contribution is -2.47. The van der Waals surface area contributed by atoms with Gasteiger partial charge in [0, 0.05) is 26.2 Å². The van der Waals surface area contributed by atoms with E-state index in [1.165, 1.54) is 0 Å². The Bertz CT molecular complexity index is 271. The highest BCUT2D eigenvalue weighted by molar-refractivity contribution is 5.85. The van der Waals surface area contributed by atoms with Gasteiger partial charge in [-0.25, -0.2) is 0 Å². The van der Waals surface area contributed by atoms with Crippen molar-refractivity contribution in [1.29, 1.82) is 0 Å². The highest BCUT2D eigenvalue weighted by Crippen LogP contribution is 2.21. The number of rotatable bonds is 5. The SMILES string of the molecule is Cl.NC(C(=O)NCCCC(F)(F)F)C1CCOCC1. The highest BCUT2D eigenvalue weighted by Gasteiger charge is 2.28. The van der Waals surface area contributed by atoms with Crippen LogP contribution >= 0.6 is 12.4 Å². The second-order valence-electron chi connectivity index (χ2n) is 4.49. The first-order valence-corrected chi connectivity index (χ1v) is 6.08. The van der Waals surface area contributed by atoms with Gasteiger partial charge in [0.15, 0.2) is 0 Å². The molecular formula is C11H20ClF3N2O2. The van der Waals surface area contributed by atoms with E-state index in [2.05, 4.69) is 5.32 Å². The molecule has 0 radical (unpaired) electrons. The summed E-state index contributed by atoms with van der Waals surface area (Å²) >= 11 is 0. The summed E-state index contributed by atoms with van der Waals surface area (Å²) in [5.41, 5.74) is 5.77. The van der Waals surface area contributed by atoms with Gasteiger partial charge in [0.05, 0.1) is 6.04 Å². The number of carbonyl (C=O) groups is 1. The number of nitrogens with one attached hydrogen (secondary N) is 1. The third-order valence-corrected chi connectivity index (χ3v) is 3.01. The molecule has 1 saturated heterocycles. The van der Waals surface area contributed by atoms with Crippen LogP contribution in [0.4, 0.5) is 13.2 Å². The van der Waals surface area contributed by atoms with Crippen molar-refractivity contribution >= 4 is 18.3 Å². The van der Waals surface area contributed by atoms with Crippen LogP contribution in [-0.4, -0.2) is 37.9 Å². The van der Waals surface area contributed by atoms with E-state index in [9.17, 15) is 18.0 Å². The topological polar surface area (TPSA) is 64.4 Å². The summed E-state index contributed by atoms with van der Waals surface area (Å²) in [5.74, 6) is -0.314. The van der Waals surface area contributed by atoms with Gasteiger partial charge >= 0.3 is 6.18 Å². The monoisotopic (exact) mass is 304 g/mol. The summed E-state index contributed by atoms with van der Waals surface area (Å²) < 4.78 is 40.8. The van der Waals surface area contributed by atoms with E-state index in [0.717, 1.165) is 12.8 Å². The molecule has 1 aliphatic rings. The Balaban J connectivity index is 0.00000324. The molecule has 0 aliphatic carbocycles. The van der Waals surface area contributed by atoms with Crippen molar-refractivity contribution in [2.45, 2.75) is 37.9 Å². The number of halogens is 4. The third kappa shape index (κ3) is 7.59. The number of carbonyl (C=O) groups excluding carboxylic acids is 1. The molecule has 0 aromatic carbocycles. The van der Waals surface area contributed by atoms with Crippen LogP contribution < -0.4 is 11.1 Å². The molecule has 1 unspecified atom stereocenters. The van der Waals surface area contributed by atoms with Gasteiger partial charge in [-0.15, -0.1) is 12.4 Å². The average Bonchev–Trinajstić information content (AvgIpc) is 2.33. The molecule has 0 aromatic heterocycles. The van der Waals surface area contributed by atoms with E-state index in [4.69, 9.17) is 10.5 Å². The van der Waals surface area contributed by atoms with Gasteiger partial charge in [0.2, 0.25) is 5.91 Å². The quantitative estimate of drug-likeness (QED) is 0.759. The van der Waals surface area contributed by atoms with Crippen molar-refractivity contribution in [2.24, 2.45) is 11.7 Å². The lowest BCUT2D eigenvalue weighted by molar-refractivity contribution is -0.136. The smallest absolute Gasteiger partial charge is 0.381 e. The van der Waals surface area contributed by atoms with Gasteiger partial charge in [-0.1, -0.05) is 0 Å². The summed E-state index contributed by atoms with van der Waals surface area (Å²) in [6.45, 7) is 1.18. The number of hydrogen-bond acceptors (Lipinski definition) is 3. The van der Waals surface area contributed by atoms with Crippen molar-refractivity contribution in [3.05, 3.63) is 0 Å². The van der Waals surface area contributed by atoms with E-state index in [1.807, 2.05) is 0 Å². The lowest BCUT2D eigenvalue weighted by atomic mass is 9.92. The Morgan fingerprint density at radius 2 is 1.95 bits per heavy atom. The number of amides is 1. The fourth-order valence-corrected chi connectivity index (χ4v) is 1.91. The normalized spacial score (nSPS) is 18.5. The maximum Gasteiger partial charge on any atom is 0.389 e. The predicted octanol–water partition coefficient (Wildman–Crippen LogP) is 1.62. The molecule has 0 aromatic rings. The minimum Gasteiger partial charge on any atom is -0.381 e. The maximum absolute atomic E-state index is 11.9.